The van der Waals surface area contributed by atoms with Crippen molar-refractivity contribution in [3.05, 3.63) is 0 Å². The average Bonchev–Trinajstić information content (AvgIpc) is 2.24. The number of carbonyl (C=O) groups excluding carboxylic acids is 2. The van der Waals surface area contributed by atoms with Crippen molar-refractivity contribution >= 4 is 12.1 Å². The third kappa shape index (κ3) is 9.28. The number of hydrogen-bond acceptors (Lipinski definition) is 5. The maximum atomic E-state index is 11.9. The molecule has 0 aliphatic rings. The van der Waals surface area contributed by atoms with Gasteiger partial charge in [-0.3, -0.25) is 4.79 Å². The molecule has 6 nitrogen and oxygen atoms in total. The quantitative estimate of drug-likeness (QED) is 0.789. The molecule has 0 aromatic heterocycles. The largest absolute Gasteiger partial charge is 0.460 e. The van der Waals surface area contributed by atoms with Gasteiger partial charge in [-0.1, -0.05) is 0 Å². The topological polar surface area (TPSA) is 76.1 Å². The lowest BCUT2D eigenvalue weighted by molar-refractivity contribution is -0.155. The summed E-state index contributed by atoms with van der Waals surface area (Å²) in [6.07, 6.45) is -0.0673. The van der Waals surface area contributed by atoms with Crippen LogP contribution in [0.25, 0.3) is 0 Å². The molecule has 0 rings (SSSR count). The van der Waals surface area contributed by atoms with E-state index in [1.807, 2.05) is 0 Å². The standard InChI is InChI=1S/C15H29NO5/c1-14(2,3)20-12(18)9-8-11(10-17)16(7)13(19)21-15(4,5)6/h11,17H,8-10H2,1-7H3/t11-/m0/s1. The Morgan fingerprint density at radius 2 is 1.52 bits per heavy atom. The summed E-state index contributed by atoms with van der Waals surface area (Å²) in [5.74, 6) is -0.349. The number of hydrogen-bond donors (Lipinski definition) is 1. The summed E-state index contributed by atoms with van der Waals surface area (Å²) in [6.45, 7) is 10.5. The number of nitrogens with zero attached hydrogens (tertiary/aromatic N) is 1. The van der Waals surface area contributed by atoms with Crippen molar-refractivity contribution in [2.75, 3.05) is 13.7 Å². The number of aliphatic hydroxyl groups is 1. The fourth-order valence-corrected chi connectivity index (χ4v) is 1.57. The maximum absolute atomic E-state index is 11.9. The molecule has 1 N–H and O–H groups in total. The van der Waals surface area contributed by atoms with Crippen LogP contribution >= 0.6 is 0 Å². The number of aliphatic hydroxyl groups excluding tert-OH is 1. The second-order valence-electron chi connectivity index (χ2n) is 7.05. The number of ether oxygens (including phenoxy) is 2. The fraction of sp³-hybridized carbons (Fsp3) is 0.867. The van der Waals surface area contributed by atoms with E-state index in [-0.39, 0.29) is 19.0 Å². The second-order valence-corrected chi connectivity index (χ2v) is 7.05. The Morgan fingerprint density at radius 1 is 1.05 bits per heavy atom. The fourth-order valence-electron chi connectivity index (χ4n) is 1.57. The minimum atomic E-state index is -0.601. The van der Waals surface area contributed by atoms with Crippen molar-refractivity contribution in [2.24, 2.45) is 0 Å². The molecule has 0 heterocycles. The van der Waals surface area contributed by atoms with Gasteiger partial charge in [0.1, 0.15) is 11.2 Å². The highest BCUT2D eigenvalue weighted by Gasteiger charge is 2.26. The van der Waals surface area contributed by atoms with E-state index in [9.17, 15) is 14.7 Å². The van der Waals surface area contributed by atoms with E-state index in [0.29, 0.717) is 6.42 Å². The third-order valence-corrected chi connectivity index (χ3v) is 2.54. The lowest BCUT2D eigenvalue weighted by atomic mass is 10.1. The normalized spacial score (nSPS) is 13.5. The molecule has 0 fully saturated rings. The highest BCUT2D eigenvalue weighted by atomic mass is 16.6. The molecule has 6 heteroatoms. The van der Waals surface area contributed by atoms with Crippen LogP contribution in [0.15, 0.2) is 0 Å². The van der Waals surface area contributed by atoms with Crippen molar-refractivity contribution in [3.63, 3.8) is 0 Å². The molecule has 124 valence electrons. The van der Waals surface area contributed by atoms with Crippen LogP contribution in [0, 0.1) is 0 Å². The van der Waals surface area contributed by atoms with Crippen LogP contribution in [-0.2, 0) is 14.3 Å². The zero-order valence-corrected chi connectivity index (χ0v) is 14.2. The van der Waals surface area contributed by atoms with E-state index in [4.69, 9.17) is 9.47 Å². The van der Waals surface area contributed by atoms with Crippen LogP contribution in [0.1, 0.15) is 54.4 Å². The molecule has 0 bridgehead atoms. The molecule has 0 aliphatic carbocycles. The van der Waals surface area contributed by atoms with Crippen LogP contribution in [0.5, 0.6) is 0 Å². The van der Waals surface area contributed by atoms with Gasteiger partial charge in [0, 0.05) is 13.5 Å². The summed E-state index contributed by atoms with van der Waals surface area (Å²) in [4.78, 5) is 24.9. The zero-order valence-electron chi connectivity index (χ0n) is 14.2. The lowest BCUT2D eigenvalue weighted by Gasteiger charge is -2.29. The molecule has 0 aromatic rings. The van der Waals surface area contributed by atoms with Gasteiger partial charge in [-0.25, -0.2) is 4.79 Å². The summed E-state index contributed by atoms with van der Waals surface area (Å²) < 4.78 is 10.4. The van der Waals surface area contributed by atoms with Crippen LogP contribution < -0.4 is 0 Å². The highest BCUT2D eigenvalue weighted by Crippen LogP contribution is 2.14. The Morgan fingerprint density at radius 3 is 1.90 bits per heavy atom. The monoisotopic (exact) mass is 303 g/mol. The van der Waals surface area contributed by atoms with Gasteiger partial charge in [0.05, 0.1) is 12.6 Å². The Hall–Kier alpha value is -1.30. The number of carbonyl (C=O) groups is 2. The Bertz CT molecular complexity index is 354. The molecule has 0 saturated carbocycles. The summed E-state index contributed by atoms with van der Waals surface area (Å²) in [5.41, 5.74) is -1.14. The molecular weight excluding hydrogens is 274 g/mol. The Labute approximate surface area is 127 Å². The van der Waals surface area contributed by atoms with E-state index < -0.39 is 23.3 Å². The summed E-state index contributed by atoms with van der Waals surface area (Å²) >= 11 is 0. The first-order valence-corrected chi connectivity index (χ1v) is 7.14. The minimum Gasteiger partial charge on any atom is -0.460 e. The highest BCUT2D eigenvalue weighted by molar-refractivity contribution is 5.70. The summed E-state index contributed by atoms with van der Waals surface area (Å²) in [7, 11) is 1.55. The number of amides is 1. The first kappa shape index (κ1) is 19.7. The molecule has 0 aliphatic heterocycles. The average molecular weight is 303 g/mol. The molecule has 1 atom stereocenters. The van der Waals surface area contributed by atoms with E-state index in [0.717, 1.165) is 0 Å². The van der Waals surface area contributed by atoms with E-state index >= 15 is 0 Å². The maximum Gasteiger partial charge on any atom is 0.410 e. The van der Waals surface area contributed by atoms with E-state index in [2.05, 4.69) is 0 Å². The molecule has 0 saturated heterocycles. The van der Waals surface area contributed by atoms with Gasteiger partial charge in [0.2, 0.25) is 0 Å². The Balaban J connectivity index is 4.45. The summed E-state index contributed by atoms with van der Waals surface area (Å²) in [6, 6.07) is -0.479. The van der Waals surface area contributed by atoms with Crippen LogP contribution in [0.2, 0.25) is 0 Å². The first-order valence-electron chi connectivity index (χ1n) is 7.14. The van der Waals surface area contributed by atoms with Crippen molar-refractivity contribution in [1.82, 2.24) is 4.90 Å². The lowest BCUT2D eigenvalue weighted by Crippen LogP contribution is -2.43. The predicted molar refractivity (Wildman–Crippen MR) is 79.9 cm³/mol. The number of likely N-dealkylation sites (N-methyl/N-ethyl adjacent to an activating group) is 1. The van der Waals surface area contributed by atoms with Crippen LogP contribution in [-0.4, -0.2) is 53.0 Å². The van der Waals surface area contributed by atoms with E-state index in [1.54, 1.807) is 48.6 Å². The molecule has 21 heavy (non-hydrogen) atoms. The first-order chi connectivity index (χ1) is 9.35. The molecule has 0 radical (unpaired) electrons. The van der Waals surface area contributed by atoms with Gasteiger partial charge in [0.25, 0.3) is 0 Å². The Kier molecular flexibility index (Phi) is 7.16. The van der Waals surface area contributed by atoms with Crippen LogP contribution in [0.4, 0.5) is 4.79 Å². The predicted octanol–water partition coefficient (Wildman–Crippen LogP) is 2.34. The van der Waals surface area contributed by atoms with Gasteiger partial charge in [0.15, 0.2) is 0 Å². The second kappa shape index (κ2) is 7.64. The molecule has 0 unspecified atom stereocenters. The van der Waals surface area contributed by atoms with Crippen LogP contribution in [0.3, 0.4) is 0 Å². The van der Waals surface area contributed by atoms with Crippen molar-refractivity contribution < 1.29 is 24.2 Å². The minimum absolute atomic E-state index is 0.135. The van der Waals surface area contributed by atoms with Gasteiger partial charge < -0.3 is 19.5 Å². The number of rotatable bonds is 5. The van der Waals surface area contributed by atoms with Gasteiger partial charge in [-0.15, -0.1) is 0 Å². The molecular formula is C15H29NO5. The molecule has 0 aromatic carbocycles. The smallest absolute Gasteiger partial charge is 0.410 e. The van der Waals surface area contributed by atoms with Gasteiger partial charge in [-0.05, 0) is 48.0 Å². The van der Waals surface area contributed by atoms with Crippen molar-refractivity contribution in [1.29, 1.82) is 0 Å². The van der Waals surface area contributed by atoms with Gasteiger partial charge in [-0.2, -0.15) is 0 Å². The van der Waals surface area contributed by atoms with Crippen molar-refractivity contribution in [2.45, 2.75) is 71.6 Å². The number of esters is 1. The van der Waals surface area contributed by atoms with Crippen molar-refractivity contribution in [3.8, 4) is 0 Å². The molecule has 1 amide bonds. The third-order valence-electron chi connectivity index (χ3n) is 2.54. The van der Waals surface area contributed by atoms with E-state index in [1.165, 1.54) is 4.90 Å². The SMILES string of the molecule is CN(C(=O)OC(C)(C)C)[C@H](CO)CCC(=O)OC(C)(C)C. The summed E-state index contributed by atoms with van der Waals surface area (Å²) in [5, 5.41) is 9.39. The zero-order chi connectivity index (χ0) is 16.8. The van der Waals surface area contributed by atoms with Gasteiger partial charge >= 0.3 is 12.1 Å². The molecule has 0 spiro atoms.